The van der Waals surface area contributed by atoms with Gasteiger partial charge in [-0.15, -0.1) is 11.8 Å². The normalized spacial score (nSPS) is 11.5. The van der Waals surface area contributed by atoms with Crippen LogP contribution in [0.4, 0.5) is 0 Å². The molecule has 128 valence electrons. The first-order valence-corrected chi connectivity index (χ1v) is 9.83. The average molecular weight is 365 g/mol. The van der Waals surface area contributed by atoms with Crippen molar-refractivity contribution in [1.29, 1.82) is 0 Å². The molecule has 0 amide bonds. The van der Waals surface area contributed by atoms with Crippen LogP contribution in [0.25, 0.3) is 0 Å². The largest absolute Gasteiger partial charge is 0.457 e. The molecule has 0 bridgehead atoms. The monoisotopic (exact) mass is 365 g/mol. The summed E-state index contributed by atoms with van der Waals surface area (Å²) in [6.07, 6.45) is 1.99. The number of hydrogen-bond acceptors (Lipinski definition) is 5. The summed E-state index contributed by atoms with van der Waals surface area (Å²) in [6, 6.07) is 13.5. The second-order valence-electron chi connectivity index (χ2n) is 5.24. The molecule has 0 aliphatic carbocycles. The van der Waals surface area contributed by atoms with Gasteiger partial charge in [0.15, 0.2) is 0 Å². The van der Waals surface area contributed by atoms with Crippen molar-refractivity contribution in [2.45, 2.75) is 16.4 Å². The summed E-state index contributed by atoms with van der Waals surface area (Å²) in [5.41, 5.74) is 1.08. The molecule has 0 radical (unpaired) electrons. The molecule has 0 aliphatic rings. The van der Waals surface area contributed by atoms with Gasteiger partial charge >= 0.3 is 5.97 Å². The van der Waals surface area contributed by atoms with Gasteiger partial charge in [0.2, 0.25) is 10.0 Å². The fourth-order valence-electron chi connectivity index (χ4n) is 1.95. The van der Waals surface area contributed by atoms with E-state index in [2.05, 4.69) is 0 Å². The van der Waals surface area contributed by atoms with Gasteiger partial charge in [0.25, 0.3) is 0 Å². The van der Waals surface area contributed by atoms with Gasteiger partial charge in [0, 0.05) is 19.0 Å². The van der Waals surface area contributed by atoms with Crippen LogP contribution in [0, 0.1) is 0 Å². The van der Waals surface area contributed by atoms with Crippen LogP contribution in [0.2, 0.25) is 0 Å². The van der Waals surface area contributed by atoms with E-state index in [1.54, 1.807) is 11.8 Å². The molecule has 7 heteroatoms. The highest BCUT2D eigenvalue weighted by Gasteiger charge is 2.19. The molecular formula is C17H19NO4S2. The molecule has 0 fully saturated rings. The van der Waals surface area contributed by atoms with E-state index in [9.17, 15) is 13.2 Å². The Balaban J connectivity index is 2.10. The van der Waals surface area contributed by atoms with Crippen LogP contribution >= 0.6 is 11.8 Å². The summed E-state index contributed by atoms with van der Waals surface area (Å²) < 4.78 is 30.6. The van der Waals surface area contributed by atoms with Crippen LogP contribution in [0.1, 0.15) is 15.9 Å². The fraction of sp³-hybridized carbons (Fsp3) is 0.235. The number of sulfonamides is 1. The summed E-state index contributed by atoms with van der Waals surface area (Å²) in [4.78, 5) is 13.3. The number of carbonyl (C=O) groups is 1. The Bertz CT molecular complexity index is 815. The number of thioether (sulfide) groups is 1. The standard InChI is InChI=1S/C17H19NO4S2/c1-18(2)24(20,21)16-6-4-5-14(11-16)17(19)22-12-13-7-9-15(23-3)10-8-13/h4-11H,12H2,1-3H3. The highest BCUT2D eigenvalue weighted by Crippen LogP contribution is 2.17. The number of rotatable bonds is 6. The highest BCUT2D eigenvalue weighted by molar-refractivity contribution is 7.98. The summed E-state index contributed by atoms with van der Waals surface area (Å²) in [5, 5.41) is 0. The Hall–Kier alpha value is -1.83. The number of esters is 1. The molecule has 24 heavy (non-hydrogen) atoms. The van der Waals surface area contributed by atoms with Crippen LogP contribution in [0.5, 0.6) is 0 Å². The molecule has 5 nitrogen and oxygen atoms in total. The second kappa shape index (κ2) is 7.83. The number of benzene rings is 2. The van der Waals surface area contributed by atoms with Crippen molar-refractivity contribution in [3.63, 3.8) is 0 Å². The summed E-state index contributed by atoms with van der Waals surface area (Å²) in [6.45, 7) is 0.137. The molecule has 0 atom stereocenters. The van der Waals surface area contributed by atoms with Crippen molar-refractivity contribution in [1.82, 2.24) is 4.31 Å². The predicted molar refractivity (Wildman–Crippen MR) is 94.7 cm³/mol. The first-order chi connectivity index (χ1) is 11.3. The molecule has 0 unspecified atom stereocenters. The van der Waals surface area contributed by atoms with E-state index in [0.29, 0.717) is 0 Å². The average Bonchev–Trinajstić information content (AvgIpc) is 2.60. The Morgan fingerprint density at radius 1 is 1.12 bits per heavy atom. The summed E-state index contributed by atoms with van der Waals surface area (Å²) >= 11 is 1.64. The van der Waals surface area contributed by atoms with E-state index in [4.69, 9.17) is 4.74 Å². The van der Waals surface area contributed by atoms with Crippen molar-refractivity contribution in [3.05, 3.63) is 59.7 Å². The molecule has 0 N–H and O–H groups in total. The zero-order chi connectivity index (χ0) is 17.7. The van der Waals surface area contributed by atoms with Crippen molar-refractivity contribution < 1.29 is 17.9 Å². The lowest BCUT2D eigenvalue weighted by Crippen LogP contribution is -2.22. The minimum atomic E-state index is -3.58. The maximum absolute atomic E-state index is 12.2. The topological polar surface area (TPSA) is 63.7 Å². The molecule has 2 aromatic rings. The van der Waals surface area contributed by atoms with Crippen molar-refractivity contribution in [3.8, 4) is 0 Å². The van der Waals surface area contributed by atoms with Gasteiger partial charge in [-0.05, 0) is 42.2 Å². The second-order valence-corrected chi connectivity index (χ2v) is 8.27. The van der Waals surface area contributed by atoms with Crippen LogP contribution in [-0.2, 0) is 21.4 Å². The Labute approximate surface area is 146 Å². The lowest BCUT2D eigenvalue weighted by atomic mass is 10.2. The fourth-order valence-corrected chi connectivity index (χ4v) is 3.30. The van der Waals surface area contributed by atoms with Gasteiger partial charge < -0.3 is 4.74 Å². The molecule has 0 heterocycles. The van der Waals surface area contributed by atoms with Gasteiger partial charge in [-0.25, -0.2) is 17.5 Å². The lowest BCUT2D eigenvalue weighted by Gasteiger charge is -2.12. The Morgan fingerprint density at radius 3 is 2.38 bits per heavy atom. The first-order valence-electron chi connectivity index (χ1n) is 7.17. The molecule has 2 aromatic carbocycles. The molecule has 0 saturated carbocycles. The Kier molecular flexibility index (Phi) is 6.04. The zero-order valence-corrected chi connectivity index (χ0v) is 15.4. The van der Waals surface area contributed by atoms with Gasteiger partial charge in [0.05, 0.1) is 10.5 Å². The number of carbonyl (C=O) groups excluding carboxylic acids is 1. The molecule has 0 spiro atoms. The molecule has 2 rings (SSSR count). The molecule has 0 saturated heterocycles. The van der Waals surface area contributed by atoms with Crippen LogP contribution in [0.3, 0.4) is 0 Å². The minimum absolute atomic E-state index is 0.0614. The van der Waals surface area contributed by atoms with E-state index < -0.39 is 16.0 Å². The summed E-state index contributed by atoms with van der Waals surface area (Å²) in [7, 11) is -0.698. The number of ether oxygens (including phenoxy) is 1. The smallest absolute Gasteiger partial charge is 0.338 e. The maximum atomic E-state index is 12.2. The molecular weight excluding hydrogens is 346 g/mol. The van der Waals surface area contributed by atoms with E-state index >= 15 is 0 Å². The third-order valence-electron chi connectivity index (χ3n) is 3.38. The quantitative estimate of drug-likeness (QED) is 0.582. The zero-order valence-electron chi connectivity index (χ0n) is 13.7. The van der Waals surface area contributed by atoms with Gasteiger partial charge in [-0.2, -0.15) is 0 Å². The predicted octanol–water partition coefficient (Wildman–Crippen LogP) is 3.02. The van der Waals surface area contributed by atoms with Gasteiger partial charge in [-0.1, -0.05) is 18.2 Å². The van der Waals surface area contributed by atoms with Gasteiger partial charge in [0.1, 0.15) is 6.61 Å². The Morgan fingerprint density at radius 2 is 1.79 bits per heavy atom. The van der Waals surface area contributed by atoms with Crippen LogP contribution < -0.4 is 0 Å². The highest BCUT2D eigenvalue weighted by atomic mass is 32.2. The van der Waals surface area contributed by atoms with E-state index in [1.807, 2.05) is 30.5 Å². The third-order valence-corrected chi connectivity index (χ3v) is 5.93. The van der Waals surface area contributed by atoms with Crippen LogP contribution in [-0.4, -0.2) is 39.0 Å². The van der Waals surface area contributed by atoms with Crippen molar-refractivity contribution in [2.75, 3.05) is 20.4 Å². The van der Waals surface area contributed by atoms with Crippen molar-refractivity contribution in [2.24, 2.45) is 0 Å². The number of hydrogen-bond donors (Lipinski definition) is 0. The van der Waals surface area contributed by atoms with E-state index in [-0.39, 0.29) is 17.1 Å². The minimum Gasteiger partial charge on any atom is -0.457 e. The SMILES string of the molecule is CSc1ccc(COC(=O)c2cccc(S(=O)(=O)N(C)C)c2)cc1. The third kappa shape index (κ3) is 4.37. The van der Waals surface area contributed by atoms with E-state index in [0.717, 1.165) is 14.8 Å². The van der Waals surface area contributed by atoms with Gasteiger partial charge in [-0.3, -0.25) is 0 Å². The molecule has 0 aliphatic heterocycles. The van der Waals surface area contributed by atoms with Crippen LogP contribution in [0.15, 0.2) is 58.3 Å². The van der Waals surface area contributed by atoms with Crippen molar-refractivity contribution >= 4 is 27.8 Å². The molecule has 0 aromatic heterocycles. The summed E-state index contributed by atoms with van der Waals surface area (Å²) in [5.74, 6) is -0.556. The maximum Gasteiger partial charge on any atom is 0.338 e. The first kappa shape index (κ1) is 18.5. The lowest BCUT2D eigenvalue weighted by molar-refractivity contribution is 0.0472. The van der Waals surface area contributed by atoms with E-state index in [1.165, 1.54) is 38.4 Å². The number of nitrogens with zero attached hydrogens (tertiary/aromatic N) is 1.